The predicted octanol–water partition coefficient (Wildman–Crippen LogP) is 2.61. The van der Waals surface area contributed by atoms with E-state index in [9.17, 15) is 0 Å². The van der Waals surface area contributed by atoms with Crippen molar-refractivity contribution in [3.05, 3.63) is 35.9 Å². The van der Waals surface area contributed by atoms with Crippen molar-refractivity contribution in [2.24, 2.45) is 0 Å². The monoisotopic (exact) mass is 287 g/mol. The molecule has 21 heavy (non-hydrogen) atoms. The van der Waals surface area contributed by atoms with E-state index < -0.39 is 0 Å². The summed E-state index contributed by atoms with van der Waals surface area (Å²) in [5, 5.41) is 3.13. The summed E-state index contributed by atoms with van der Waals surface area (Å²) in [7, 11) is 1.69. The van der Waals surface area contributed by atoms with Gasteiger partial charge in [0.05, 0.1) is 11.2 Å². The van der Waals surface area contributed by atoms with Gasteiger partial charge in [-0.2, -0.15) is 0 Å². The molecule has 0 aromatic heterocycles. The van der Waals surface area contributed by atoms with Gasteiger partial charge in [0.25, 0.3) is 0 Å². The maximum absolute atomic E-state index is 6.05. The van der Waals surface area contributed by atoms with Crippen LogP contribution in [0.1, 0.15) is 39.7 Å². The first kappa shape index (κ1) is 16.3. The van der Waals surface area contributed by atoms with Crippen LogP contribution in [-0.4, -0.2) is 31.9 Å². The lowest BCUT2D eigenvalue weighted by atomic mass is 9.79. The maximum Gasteiger partial charge on any atom is 0.494 e. The Hall–Kier alpha value is -1.10. The molecule has 0 aliphatic carbocycles. The van der Waals surface area contributed by atoms with Crippen LogP contribution in [0.25, 0.3) is 6.08 Å². The fourth-order valence-electron chi connectivity index (χ4n) is 2.19. The second-order valence-electron chi connectivity index (χ2n) is 6.55. The van der Waals surface area contributed by atoms with Crippen molar-refractivity contribution < 1.29 is 9.31 Å². The molecule has 0 radical (unpaired) electrons. The fourth-order valence-corrected chi connectivity index (χ4v) is 2.19. The molecule has 0 unspecified atom stereocenters. The van der Waals surface area contributed by atoms with Crippen molar-refractivity contribution in [2.45, 2.75) is 45.3 Å². The number of rotatable bonds is 5. The Morgan fingerprint density at radius 1 is 1.05 bits per heavy atom. The molecule has 3 nitrogen and oxygen atoms in total. The van der Waals surface area contributed by atoms with Crippen LogP contribution < -0.4 is 10.8 Å². The van der Waals surface area contributed by atoms with Crippen LogP contribution in [0.15, 0.2) is 30.3 Å². The molecular weight excluding hydrogens is 261 g/mol. The molecule has 0 bridgehead atoms. The van der Waals surface area contributed by atoms with Gasteiger partial charge in [-0.1, -0.05) is 36.4 Å². The highest BCUT2D eigenvalue weighted by Crippen LogP contribution is 2.36. The van der Waals surface area contributed by atoms with Crippen LogP contribution in [0.3, 0.4) is 0 Å². The zero-order chi connectivity index (χ0) is 15.5. The Bertz CT molecular complexity index is 478. The first-order valence-corrected chi connectivity index (χ1v) is 7.62. The molecule has 1 N–H and O–H groups in total. The Morgan fingerprint density at radius 3 is 2.14 bits per heavy atom. The third-order valence-electron chi connectivity index (χ3n) is 4.33. The van der Waals surface area contributed by atoms with Crippen molar-refractivity contribution in [2.75, 3.05) is 13.6 Å². The fraction of sp³-hybridized carbons (Fsp3) is 0.529. The van der Waals surface area contributed by atoms with E-state index in [4.69, 9.17) is 9.31 Å². The predicted molar refractivity (Wildman–Crippen MR) is 89.7 cm³/mol. The van der Waals surface area contributed by atoms with Crippen LogP contribution in [0.4, 0.5) is 0 Å². The third-order valence-corrected chi connectivity index (χ3v) is 4.33. The van der Waals surface area contributed by atoms with Crippen molar-refractivity contribution in [1.29, 1.82) is 0 Å². The zero-order valence-corrected chi connectivity index (χ0v) is 13.8. The van der Waals surface area contributed by atoms with Crippen molar-refractivity contribution in [1.82, 2.24) is 5.32 Å². The summed E-state index contributed by atoms with van der Waals surface area (Å²) in [4.78, 5) is 0. The summed E-state index contributed by atoms with van der Waals surface area (Å²) in [5.74, 6) is 0. The average Bonchev–Trinajstić information content (AvgIpc) is 2.64. The molecule has 2 rings (SSSR count). The minimum atomic E-state index is -0.288. The quantitative estimate of drug-likeness (QED) is 0.667. The Morgan fingerprint density at radius 2 is 1.62 bits per heavy atom. The normalized spacial score (nSPS) is 20.3. The molecule has 1 aromatic rings. The number of benzene rings is 1. The number of hydrogen-bond acceptors (Lipinski definition) is 3. The van der Waals surface area contributed by atoms with E-state index in [0.29, 0.717) is 0 Å². The molecule has 0 saturated carbocycles. The Balaban J connectivity index is 2.02. The average molecular weight is 287 g/mol. The van der Waals surface area contributed by atoms with Gasteiger partial charge in [0.1, 0.15) is 0 Å². The van der Waals surface area contributed by atoms with Crippen molar-refractivity contribution in [3.8, 4) is 0 Å². The van der Waals surface area contributed by atoms with Gasteiger partial charge >= 0.3 is 7.12 Å². The molecular formula is C17H26BNO2. The first-order chi connectivity index (χ1) is 9.86. The van der Waals surface area contributed by atoms with E-state index in [1.807, 2.05) is 7.05 Å². The van der Waals surface area contributed by atoms with E-state index in [1.165, 1.54) is 5.56 Å². The molecule has 1 aromatic carbocycles. The minimum Gasteiger partial charge on any atom is -0.399 e. The highest BCUT2D eigenvalue weighted by molar-refractivity contribution is 6.62. The van der Waals surface area contributed by atoms with E-state index in [1.54, 1.807) is 0 Å². The van der Waals surface area contributed by atoms with E-state index >= 15 is 0 Å². The first-order valence-electron chi connectivity index (χ1n) is 7.62. The van der Waals surface area contributed by atoms with Gasteiger partial charge in [-0.3, -0.25) is 0 Å². The lowest BCUT2D eigenvalue weighted by Gasteiger charge is -2.32. The van der Waals surface area contributed by atoms with E-state index in [2.05, 4.69) is 69.4 Å². The SMILES string of the molecule is CNCCC=Cc1ccc(B2OC(C)(C)C(C)(C)O2)cc1. The summed E-state index contributed by atoms with van der Waals surface area (Å²) < 4.78 is 12.1. The van der Waals surface area contributed by atoms with Gasteiger partial charge in [0, 0.05) is 0 Å². The van der Waals surface area contributed by atoms with Crippen LogP contribution in [-0.2, 0) is 9.31 Å². The van der Waals surface area contributed by atoms with Crippen molar-refractivity contribution >= 4 is 18.7 Å². The van der Waals surface area contributed by atoms with Gasteiger partial charge < -0.3 is 14.6 Å². The summed E-state index contributed by atoms with van der Waals surface area (Å²) >= 11 is 0. The molecule has 4 heteroatoms. The molecule has 1 fully saturated rings. The molecule has 0 amide bonds. The molecule has 0 spiro atoms. The maximum atomic E-state index is 6.05. The van der Waals surface area contributed by atoms with Gasteiger partial charge in [-0.15, -0.1) is 0 Å². The molecule has 114 valence electrons. The molecule has 1 aliphatic heterocycles. The lowest BCUT2D eigenvalue weighted by Crippen LogP contribution is -2.41. The highest BCUT2D eigenvalue weighted by atomic mass is 16.7. The standard InChI is InChI=1S/C17H26BNO2/c1-16(2)17(3,4)21-18(20-16)15-11-9-14(10-12-15)8-6-7-13-19-5/h6,8-12,19H,7,13H2,1-5H3. The van der Waals surface area contributed by atoms with Gasteiger partial charge in [-0.05, 0) is 58.7 Å². The lowest BCUT2D eigenvalue weighted by molar-refractivity contribution is 0.00578. The summed E-state index contributed by atoms with van der Waals surface area (Å²) in [6.07, 6.45) is 5.36. The molecule has 1 heterocycles. The minimum absolute atomic E-state index is 0.280. The van der Waals surface area contributed by atoms with Gasteiger partial charge in [0.2, 0.25) is 0 Å². The third kappa shape index (κ3) is 3.76. The number of hydrogen-bond donors (Lipinski definition) is 1. The molecule has 1 aliphatic rings. The largest absolute Gasteiger partial charge is 0.494 e. The van der Waals surface area contributed by atoms with Crippen LogP contribution in [0.2, 0.25) is 0 Å². The second-order valence-corrected chi connectivity index (χ2v) is 6.55. The number of nitrogens with one attached hydrogen (secondary N) is 1. The summed E-state index contributed by atoms with van der Waals surface area (Å²) in [6, 6.07) is 8.38. The van der Waals surface area contributed by atoms with Crippen molar-refractivity contribution in [3.63, 3.8) is 0 Å². The highest BCUT2D eigenvalue weighted by Gasteiger charge is 2.51. The zero-order valence-electron chi connectivity index (χ0n) is 13.8. The molecule has 0 atom stereocenters. The van der Waals surface area contributed by atoms with E-state index in [-0.39, 0.29) is 18.3 Å². The summed E-state index contributed by atoms with van der Waals surface area (Å²) in [6.45, 7) is 9.30. The molecule has 1 saturated heterocycles. The summed E-state index contributed by atoms with van der Waals surface area (Å²) in [5.41, 5.74) is 1.69. The second kappa shape index (κ2) is 6.35. The van der Waals surface area contributed by atoms with Gasteiger partial charge in [-0.25, -0.2) is 0 Å². The van der Waals surface area contributed by atoms with Crippen LogP contribution in [0.5, 0.6) is 0 Å². The smallest absolute Gasteiger partial charge is 0.399 e. The van der Waals surface area contributed by atoms with Crippen LogP contribution in [0, 0.1) is 0 Å². The Labute approximate surface area is 128 Å². The van der Waals surface area contributed by atoms with E-state index in [0.717, 1.165) is 18.4 Å². The topological polar surface area (TPSA) is 30.5 Å². The Kier molecular flexibility index (Phi) is 4.92. The van der Waals surface area contributed by atoms with Crippen LogP contribution >= 0.6 is 0 Å². The van der Waals surface area contributed by atoms with Gasteiger partial charge in [0.15, 0.2) is 0 Å².